The van der Waals surface area contributed by atoms with E-state index in [0.29, 0.717) is 45.1 Å². The molecule has 3 heterocycles. The normalized spacial score (nSPS) is 21.8. The van der Waals surface area contributed by atoms with Crippen LogP contribution in [0, 0.1) is 0 Å². The number of nitrogens with zero attached hydrogens (tertiary/aromatic N) is 1. The van der Waals surface area contributed by atoms with E-state index in [4.69, 9.17) is 28.4 Å². The van der Waals surface area contributed by atoms with E-state index in [1.807, 2.05) is 75.4 Å². The second-order valence-electron chi connectivity index (χ2n) is 10.9. The molecule has 0 bridgehead atoms. The van der Waals surface area contributed by atoms with Gasteiger partial charge in [-0.1, -0.05) is 42.5 Å². The van der Waals surface area contributed by atoms with Crippen LogP contribution in [0.3, 0.4) is 0 Å². The molecule has 3 aliphatic heterocycles. The van der Waals surface area contributed by atoms with E-state index in [2.05, 4.69) is 12.1 Å². The molecule has 40 heavy (non-hydrogen) atoms. The topological polar surface area (TPSA) is 75.7 Å². The number of hydrogen-bond donors (Lipinski definition) is 0. The van der Waals surface area contributed by atoms with E-state index < -0.39 is 5.79 Å². The van der Waals surface area contributed by atoms with Gasteiger partial charge in [-0.15, -0.1) is 0 Å². The monoisotopic (exact) mass is 545 g/mol. The third-order valence-electron chi connectivity index (χ3n) is 7.47. The van der Waals surface area contributed by atoms with Crippen molar-refractivity contribution in [2.24, 2.45) is 0 Å². The van der Waals surface area contributed by atoms with Crippen LogP contribution < -0.4 is 14.2 Å². The van der Waals surface area contributed by atoms with Gasteiger partial charge in [-0.3, -0.25) is 0 Å². The van der Waals surface area contributed by atoms with Gasteiger partial charge < -0.3 is 33.3 Å². The summed E-state index contributed by atoms with van der Waals surface area (Å²) >= 11 is 0. The van der Waals surface area contributed by atoms with Gasteiger partial charge in [0.2, 0.25) is 5.79 Å². The third-order valence-corrected chi connectivity index (χ3v) is 7.47. The third kappa shape index (κ3) is 5.88. The number of cyclic esters (lactones) is 1. The van der Waals surface area contributed by atoms with Gasteiger partial charge in [0.1, 0.15) is 18.5 Å². The molecule has 1 saturated heterocycles. The summed E-state index contributed by atoms with van der Waals surface area (Å²) in [5.74, 6) is 1.59. The van der Waals surface area contributed by atoms with Gasteiger partial charge in [0, 0.05) is 26.0 Å². The highest BCUT2D eigenvalue weighted by atomic mass is 16.7. The molecular weight excluding hydrogens is 510 g/mol. The Morgan fingerprint density at radius 1 is 1.00 bits per heavy atom. The molecule has 0 N–H and O–H groups in total. The van der Waals surface area contributed by atoms with Crippen LogP contribution in [0.5, 0.6) is 17.2 Å². The second-order valence-corrected chi connectivity index (χ2v) is 10.9. The van der Waals surface area contributed by atoms with Crippen LogP contribution in [-0.4, -0.2) is 49.2 Å². The smallest absolute Gasteiger partial charge is 0.410 e. The standard InChI is InChI=1S/C32H35NO7/c1-21(23-7-5-4-6-8-23)35-19-26-20-36-28-11-9-22(15-29(28)38-26)13-14-33-17-30(39-31(33)34)24-10-12-27-25(16-24)18-37-32(2,3)40-27/h4-12,15-16,21,26,30H,13-14,17-20H2,1-3H3/t21?,26-,30+/m1/s1. The summed E-state index contributed by atoms with van der Waals surface area (Å²) < 4.78 is 35.5. The van der Waals surface area contributed by atoms with Gasteiger partial charge in [0.15, 0.2) is 17.6 Å². The zero-order valence-electron chi connectivity index (χ0n) is 23.1. The zero-order chi connectivity index (χ0) is 27.7. The minimum absolute atomic E-state index is 0.0308. The number of rotatable bonds is 8. The van der Waals surface area contributed by atoms with Crippen LogP contribution in [0.4, 0.5) is 4.79 Å². The predicted octanol–water partition coefficient (Wildman–Crippen LogP) is 5.99. The maximum atomic E-state index is 12.7. The first-order chi connectivity index (χ1) is 19.3. The molecule has 0 spiro atoms. The Morgan fingerprint density at radius 3 is 2.67 bits per heavy atom. The second kappa shape index (κ2) is 11.0. The molecule has 3 aromatic carbocycles. The van der Waals surface area contributed by atoms with E-state index in [9.17, 15) is 4.79 Å². The highest BCUT2D eigenvalue weighted by Crippen LogP contribution is 2.36. The molecule has 1 unspecified atom stereocenters. The Balaban J connectivity index is 1.03. The van der Waals surface area contributed by atoms with E-state index in [0.717, 1.165) is 33.8 Å². The van der Waals surface area contributed by atoms with Crippen molar-refractivity contribution in [3.05, 3.63) is 89.0 Å². The molecule has 3 aliphatic rings. The van der Waals surface area contributed by atoms with Crippen molar-refractivity contribution < 1.29 is 33.2 Å². The Labute approximate surface area is 234 Å². The van der Waals surface area contributed by atoms with E-state index >= 15 is 0 Å². The van der Waals surface area contributed by atoms with Crippen LogP contribution in [0.15, 0.2) is 66.7 Å². The summed E-state index contributed by atoms with van der Waals surface area (Å²) in [7, 11) is 0. The van der Waals surface area contributed by atoms with Crippen LogP contribution in [0.1, 0.15) is 55.2 Å². The number of ether oxygens (including phenoxy) is 6. The maximum absolute atomic E-state index is 12.7. The van der Waals surface area contributed by atoms with Crippen LogP contribution in [0.2, 0.25) is 0 Å². The fourth-order valence-electron chi connectivity index (χ4n) is 5.16. The fraction of sp³-hybridized carbons (Fsp3) is 0.406. The van der Waals surface area contributed by atoms with Crippen molar-refractivity contribution in [1.82, 2.24) is 4.90 Å². The minimum atomic E-state index is -0.644. The summed E-state index contributed by atoms with van der Waals surface area (Å²) in [4.78, 5) is 14.4. The molecule has 1 amide bonds. The number of benzene rings is 3. The highest BCUT2D eigenvalue weighted by molar-refractivity contribution is 5.70. The van der Waals surface area contributed by atoms with E-state index in [1.165, 1.54) is 0 Å². The van der Waals surface area contributed by atoms with Crippen molar-refractivity contribution in [2.45, 2.75) is 57.9 Å². The Bertz CT molecular complexity index is 1360. The quantitative estimate of drug-likeness (QED) is 0.344. The molecule has 8 nitrogen and oxygen atoms in total. The Hall–Kier alpha value is -3.75. The molecule has 8 heteroatoms. The van der Waals surface area contributed by atoms with Crippen molar-refractivity contribution in [3.8, 4) is 17.2 Å². The molecule has 0 saturated carbocycles. The summed E-state index contributed by atoms with van der Waals surface area (Å²) in [6, 6.07) is 22.0. The SMILES string of the molecule is CC(OC[C@@H]1COc2ccc(CCN3C[C@@H](c4ccc5c(c4)COC(C)(C)O5)OC3=O)cc2O1)c1ccccc1. The molecule has 6 rings (SSSR count). The summed E-state index contributed by atoms with van der Waals surface area (Å²) in [5.41, 5.74) is 4.09. The first kappa shape index (κ1) is 26.5. The number of fused-ring (bicyclic) bond motifs is 2. The first-order valence-electron chi connectivity index (χ1n) is 13.8. The van der Waals surface area contributed by atoms with Crippen LogP contribution in [0.25, 0.3) is 0 Å². The number of amides is 1. The number of carbonyl (C=O) groups is 1. The predicted molar refractivity (Wildman–Crippen MR) is 148 cm³/mol. The maximum Gasteiger partial charge on any atom is 0.410 e. The minimum Gasteiger partial charge on any atom is -0.486 e. The summed E-state index contributed by atoms with van der Waals surface area (Å²) in [5, 5.41) is 0. The first-order valence-corrected chi connectivity index (χ1v) is 13.8. The summed E-state index contributed by atoms with van der Waals surface area (Å²) in [6.45, 7) is 8.19. The van der Waals surface area contributed by atoms with Crippen molar-refractivity contribution >= 4 is 6.09 Å². The number of carbonyl (C=O) groups excluding carboxylic acids is 1. The lowest BCUT2D eigenvalue weighted by atomic mass is 10.0. The number of hydrogen-bond acceptors (Lipinski definition) is 7. The van der Waals surface area contributed by atoms with Crippen molar-refractivity contribution in [2.75, 3.05) is 26.3 Å². The lowest BCUT2D eigenvalue weighted by molar-refractivity contribution is -0.180. The van der Waals surface area contributed by atoms with Crippen molar-refractivity contribution in [3.63, 3.8) is 0 Å². The molecule has 0 aromatic heterocycles. The van der Waals surface area contributed by atoms with Gasteiger partial charge in [0.25, 0.3) is 0 Å². The van der Waals surface area contributed by atoms with Crippen molar-refractivity contribution in [1.29, 1.82) is 0 Å². The van der Waals surface area contributed by atoms with E-state index in [1.54, 1.807) is 4.90 Å². The van der Waals surface area contributed by atoms with Gasteiger partial charge in [-0.05, 0) is 54.3 Å². The largest absolute Gasteiger partial charge is 0.486 e. The van der Waals surface area contributed by atoms with E-state index in [-0.39, 0.29) is 24.4 Å². The molecule has 1 fully saturated rings. The van der Waals surface area contributed by atoms with Gasteiger partial charge in [0.05, 0.1) is 25.9 Å². The average molecular weight is 546 g/mol. The fourth-order valence-corrected chi connectivity index (χ4v) is 5.16. The Morgan fingerprint density at radius 2 is 1.82 bits per heavy atom. The highest BCUT2D eigenvalue weighted by Gasteiger charge is 2.34. The molecule has 0 radical (unpaired) electrons. The molecular formula is C32H35NO7. The van der Waals surface area contributed by atoms with Gasteiger partial charge in [-0.25, -0.2) is 4.79 Å². The summed E-state index contributed by atoms with van der Waals surface area (Å²) in [6.07, 6.45) is -0.185. The lowest BCUT2D eigenvalue weighted by Gasteiger charge is -2.32. The molecule has 3 aromatic rings. The molecule has 210 valence electrons. The van der Waals surface area contributed by atoms with Crippen LogP contribution >= 0.6 is 0 Å². The molecule has 3 atom stereocenters. The molecule has 0 aliphatic carbocycles. The lowest BCUT2D eigenvalue weighted by Crippen LogP contribution is -2.35. The van der Waals surface area contributed by atoms with Gasteiger partial charge in [-0.2, -0.15) is 0 Å². The average Bonchev–Trinajstić information content (AvgIpc) is 3.34. The van der Waals surface area contributed by atoms with Crippen LogP contribution in [-0.2, 0) is 27.2 Å². The van der Waals surface area contributed by atoms with Gasteiger partial charge >= 0.3 is 6.09 Å². The Kier molecular flexibility index (Phi) is 7.29. The zero-order valence-corrected chi connectivity index (χ0v) is 23.1.